The SMILES string of the molecule is c1ccc(-c2nc(-c3ccccc3)c3c(n2)c2c(-c4ccccc4)nc(-c4ccccc4)nc2c2c(-c4ccccc4)nc(-c4ccccc4)nc32)cc1. The zero-order valence-electron chi connectivity index (χ0n) is 29.0. The Morgan fingerprint density at radius 2 is 0.407 bits per heavy atom. The maximum atomic E-state index is 5.45. The molecule has 0 bridgehead atoms. The standard InChI is InChI=1S/C48H30N6/c1-7-19-31(20-8-1)40-37-43(52-46(49-40)34-25-13-4-14-26-34)38-41(32-21-9-2-10-22-32)51-48(36-29-17-6-18-30-36)54-45(38)39-42(33-23-11-3-12-24-33)50-47(53-44(37)39)35-27-15-5-16-28-35/h1-30H. The Hall–Kier alpha value is -7.44. The summed E-state index contributed by atoms with van der Waals surface area (Å²) >= 11 is 0. The van der Waals surface area contributed by atoms with Crippen molar-refractivity contribution in [3.8, 4) is 67.9 Å². The Balaban J connectivity index is 1.50. The van der Waals surface area contributed by atoms with Gasteiger partial charge in [0.1, 0.15) is 0 Å². The molecule has 0 N–H and O–H groups in total. The van der Waals surface area contributed by atoms with Crippen LogP contribution in [-0.2, 0) is 0 Å². The largest absolute Gasteiger partial charge is 0.227 e. The first-order valence-corrected chi connectivity index (χ1v) is 17.9. The fourth-order valence-corrected chi connectivity index (χ4v) is 7.16. The molecule has 0 spiro atoms. The van der Waals surface area contributed by atoms with Crippen LogP contribution in [0, 0.1) is 0 Å². The lowest BCUT2D eigenvalue weighted by atomic mass is 9.94. The molecule has 7 aromatic carbocycles. The first kappa shape index (κ1) is 31.3. The molecule has 0 aliphatic carbocycles. The van der Waals surface area contributed by atoms with Crippen LogP contribution in [0.1, 0.15) is 0 Å². The van der Waals surface area contributed by atoms with Gasteiger partial charge in [0.05, 0.1) is 49.8 Å². The molecule has 10 rings (SSSR count). The Kier molecular flexibility index (Phi) is 7.69. The van der Waals surface area contributed by atoms with Crippen molar-refractivity contribution >= 4 is 32.7 Å². The van der Waals surface area contributed by atoms with Gasteiger partial charge in [-0.2, -0.15) is 0 Å². The minimum Gasteiger partial charge on any atom is -0.227 e. The summed E-state index contributed by atoms with van der Waals surface area (Å²) in [6, 6.07) is 61.3. The van der Waals surface area contributed by atoms with E-state index >= 15 is 0 Å². The normalized spacial score (nSPS) is 11.3. The third kappa shape index (κ3) is 5.45. The maximum Gasteiger partial charge on any atom is 0.160 e. The molecule has 0 unspecified atom stereocenters. The molecule has 0 atom stereocenters. The lowest BCUT2D eigenvalue weighted by Gasteiger charge is -2.19. The van der Waals surface area contributed by atoms with Crippen molar-refractivity contribution in [1.29, 1.82) is 0 Å². The molecule has 6 nitrogen and oxygen atoms in total. The van der Waals surface area contributed by atoms with E-state index in [1.54, 1.807) is 0 Å². The molecule has 10 aromatic rings. The van der Waals surface area contributed by atoms with Gasteiger partial charge in [0.2, 0.25) is 0 Å². The Morgan fingerprint density at radius 1 is 0.204 bits per heavy atom. The van der Waals surface area contributed by atoms with Gasteiger partial charge in [-0.25, -0.2) is 29.9 Å². The van der Waals surface area contributed by atoms with Crippen LogP contribution in [-0.4, -0.2) is 29.9 Å². The molecular weight excluding hydrogens is 661 g/mol. The van der Waals surface area contributed by atoms with Crippen LogP contribution >= 0.6 is 0 Å². The highest BCUT2D eigenvalue weighted by atomic mass is 15.0. The Bertz CT molecular complexity index is 2590. The van der Waals surface area contributed by atoms with Crippen molar-refractivity contribution in [3.63, 3.8) is 0 Å². The van der Waals surface area contributed by atoms with E-state index in [-0.39, 0.29) is 0 Å². The van der Waals surface area contributed by atoms with Gasteiger partial charge in [0, 0.05) is 33.4 Å². The number of benzene rings is 7. The summed E-state index contributed by atoms with van der Waals surface area (Å²) in [5, 5.41) is 2.44. The topological polar surface area (TPSA) is 77.3 Å². The molecule has 6 heteroatoms. The summed E-state index contributed by atoms with van der Waals surface area (Å²) in [4.78, 5) is 32.4. The van der Waals surface area contributed by atoms with Gasteiger partial charge < -0.3 is 0 Å². The third-order valence-corrected chi connectivity index (χ3v) is 9.68. The predicted molar refractivity (Wildman–Crippen MR) is 218 cm³/mol. The van der Waals surface area contributed by atoms with E-state index in [2.05, 4.69) is 36.4 Å². The van der Waals surface area contributed by atoms with Crippen LogP contribution in [0.2, 0.25) is 0 Å². The van der Waals surface area contributed by atoms with E-state index in [1.807, 2.05) is 146 Å². The molecule has 3 aromatic heterocycles. The molecule has 0 aliphatic rings. The molecule has 0 saturated heterocycles. The summed E-state index contributed by atoms with van der Waals surface area (Å²) in [5.41, 5.74) is 10.1. The second kappa shape index (κ2) is 13.3. The number of rotatable bonds is 6. The van der Waals surface area contributed by atoms with E-state index in [0.29, 0.717) is 17.5 Å². The number of hydrogen-bond donors (Lipinski definition) is 0. The molecule has 252 valence electrons. The van der Waals surface area contributed by atoms with Crippen molar-refractivity contribution in [2.24, 2.45) is 0 Å². The van der Waals surface area contributed by atoms with Crippen LogP contribution < -0.4 is 0 Å². The van der Waals surface area contributed by atoms with E-state index < -0.39 is 0 Å². The summed E-state index contributed by atoms with van der Waals surface area (Å²) < 4.78 is 0. The van der Waals surface area contributed by atoms with E-state index in [4.69, 9.17) is 29.9 Å². The van der Waals surface area contributed by atoms with Gasteiger partial charge in [0.15, 0.2) is 17.5 Å². The lowest BCUT2D eigenvalue weighted by molar-refractivity contribution is 1.20. The fraction of sp³-hybridized carbons (Fsp3) is 0. The zero-order valence-corrected chi connectivity index (χ0v) is 29.0. The fourth-order valence-electron chi connectivity index (χ4n) is 7.16. The van der Waals surface area contributed by atoms with Gasteiger partial charge in [-0.1, -0.05) is 182 Å². The average Bonchev–Trinajstić information content (AvgIpc) is 3.27. The lowest BCUT2D eigenvalue weighted by Crippen LogP contribution is -2.04. The van der Waals surface area contributed by atoms with E-state index in [9.17, 15) is 0 Å². The van der Waals surface area contributed by atoms with Crippen LogP contribution in [0.4, 0.5) is 0 Å². The minimum atomic E-state index is 0.606. The van der Waals surface area contributed by atoms with Crippen molar-refractivity contribution in [3.05, 3.63) is 182 Å². The smallest absolute Gasteiger partial charge is 0.160 e. The average molecular weight is 691 g/mol. The molecule has 3 heterocycles. The molecular formula is C48H30N6. The predicted octanol–water partition coefficient (Wildman–Crippen LogP) is 11.5. The molecule has 0 saturated carbocycles. The maximum absolute atomic E-state index is 5.45. The monoisotopic (exact) mass is 690 g/mol. The summed E-state index contributed by atoms with van der Waals surface area (Å²) in [6.45, 7) is 0. The molecule has 54 heavy (non-hydrogen) atoms. The van der Waals surface area contributed by atoms with Gasteiger partial charge >= 0.3 is 0 Å². The summed E-state index contributed by atoms with van der Waals surface area (Å²) in [6.07, 6.45) is 0. The van der Waals surface area contributed by atoms with Gasteiger partial charge in [-0.3, -0.25) is 0 Å². The highest BCUT2D eigenvalue weighted by Crippen LogP contribution is 2.45. The van der Waals surface area contributed by atoms with Crippen LogP contribution in [0.15, 0.2) is 182 Å². The first-order chi connectivity index (χ1) is 26.8. The van der Waals surface area contributed by atoms with Crippen LogP contribution in [0.3, 0.4) is 0 Å². The van der Waals surface area contributed by atoms with Crippen LogP contribution in [0.25, 0.3) is 101 Å². The highest BCUT2D eigenvalue weighted by molar-refractivity contribution is 6.30. The number of hydrogen-bond acceptors (Lipinski definition) is 6. The van der Waals surface area contributed by atoms with Gasteiger partial charge in [-0.05, 0) is 0 Å². The minimum absolute atomic E-state index is 0.606. The third-order valence-electron chi connectivity index (χ3n) is 9.68. The van der Waals surface area contributed by atoms with E-state index in [0.717, 1.165) is 83.2 Å². The Labute approximate surface area is 311 Å². The molecule has 0 radical (unpaired) electrons. The summed E-state index contributed by atoms with van der Waals surface area (Å²) in [5.74, 6) is 1.82. The second-order valence-corrected chi connectivity index (χ2v) is 13.1. The summed E-state index contributed by atoms with van der Waals surface area (Å²) in [7, 11) is 0. The highest BCUT2D eigenvalue weighted by Gasteiger charge is 2.27. The van der Waals surface area contributed by atoms with Crippen LogP contribution in [0.5, 0.6) is 0 Å². The number of aromatic nitrogens is 6. The van der Waals surface area contributed by atoms with Crippen molar-refractivity contribution in [2.75, 3.05) is 0 Å². The van der Waals surface area contributed by atoms with E-state index in [1.165, 1.54) is 0 Å². The molecule has 0 amide bonds. The van der Waals surface area contributed by atoms with Crippen molar-refractivity contribution in [2.45, 2.75) is 0 Å². The molecule has 0 aliphatic heterocycles. The van der Waals surface area contributed by atoms with Crippen molar-refractivity contribution < 1.29 is 0 Å². The first-order valence-electron chi connectivity index (χ1n) is 17.9. The van der Waals surface area contributed by atoms with Gasteiger partial charge in [-0.15, -0.1) is 0 Å². The quantitative estimate of drug-likeness (QED) is 0.162. The Morgan fingerprint density at radius 3 is 0.630 bits per heavy atom. The second-order valence-electron chi connectivity index (χ2n) is 13.1. The number of nitrogens with zero attached hydrogens (tertiary/aromatic N) is 6. The number of fused-ring (bicyclic) bond motifs is 6. The zero-order chi connectivity index (χ0) is 35.8. The van der Waals surface area contributed by atoms with Gasteiger partial charge in [0.25, 0.3) is 0 Å². The molecule has 0 fully saturated rings. The van der Waals surface area contributed by atoms with Crippen molar-refractivity contribution in [1.82, 2.24) is 29.9 Å².